The molecule has 0 radical (unpaired) electrons. The van der Waals surface area contributed by atoms with Crippen molar-refractivity contribution in [3.8, 4) is 23.8 Å². The van der Waals surface area contributed by atoms with Gasteiger partial charge in [0.05, 0.1) is 11.8 Å². The van der Waals surface area contributed by atoms with Gasteiger partial charge in [0.2, 0.25) is 0 Å². The Morgan fingerprint density at radius 1 is 1.14 bits per heavy atom. The third-order valence-corrected chi connectivity index (χ3v) is 4.68. The largest absolute Gasteiger partial charge is 0.451 e. The normalized spacial score (nSPS) is 12.2. The fourth-order valence-corrected chi connectivity index (χ4v) is 3.32. The first-order valence-corrected chi connectivity index (χ1v) is 8.94. The lowest BCUT2D eigenvalue weighted by Gasteiger charge is -1.98. The van der Waals surface area contributed by atoms with Gasteiger partial charge in [-0.15, -0.1) is 6.42 Å². The minimum Gasteiger partial charge on any atom is -0.451 e. The molecule has 5 heteroatoms. The molecule has 0 saturated heterocycles. The van der Waals surface area contributed by atoms with E-state index in [1.807, 2.05) is 6.07 Å². The first kappa shape index (κ1) is 17.6. The van der Waals surface area contributed by atoms with Crippen LogP contribution in [0.1, 0.15) is 30.1 Å². The standard InChI is InChI=1S/C13H7N3O.C10H11N.H2/c1-2-9-10-3-5-14-7-12(10)17-13(9)11-4-6-15-8-16-11;1-7-2-4-9-8(6-7)3-5-10(9)11;/h1,3-8H;2,4,6,11H,3,5H2,1H3;1H. The van der Waals surface area contributed by atoms with Crippen LogP contribution >= 0.6 is 0 Å². The number of fused-ring (bicyclic) bond motifs is 2. The summed E-state index contributed by atoms with van der Waals surface area (Å²) in [4.78, 5) is 12.0. The minimum atomic E-state index is 0. The maximum Gasteiger partial charge on any atom is 0.169 e. The van der Waals surface area contributed by atoms with E-state index in [0.717, 1.165) is 29.5 Å². The van der Waals surface area contributed by atoms with Crippen LogP contribution in [0.15, 0.2) is 59.7 Å². The molecule has 0 aliphatic heterocycles. The quantitative estimate of drug-likeness (QED) is 0.489. The number of hydrogen-bond donors (Lipinski definition) is 1. The van der Waals surface area contributed by atoms with Gasteiger partial charge in [-0.05, 0) is 43.0 Å². The Balaban J connectivity index is 0.000000174. The highest BCUT2D eigenvalue weighted by Gasteiger charge is 2.15. The van der Waals surface area contributed by atoms with E-state index < -0.39 is 0 Å². The number of rotatable bonds is 1. The van der Waals surface area contributed by atoms with Crippen molar-refractivity contribution in [1.29, 1.82) is 5.41 Å². The van der Waals surface area contributed by atoms with Crippen LogP contribution in [-0.2, 0) is 6.42 Å². The molecule has 4 aromatic rings. The Morgan fingerprint density at radius 3 is 2.79 bits per heavy atom. The van der Waals surface area contributed by atoms with Crippen LogP contribution in [0, 0.1) is 24.7 Å². The molecule has 5 rings (SSSR count). The molecule has 1 aromatic carbocycles. The van der Waals surface area contributed by atoms with Gasteiger partial charge in [0, 0.05) is 24.9 Å². The summed E-state index contributed by atoms with van der Waals surface area (Å²) in [7, 11) is 0. The summed E-state index contributed by atoms with van der Waals surface area (Å²) < 4.78 is 5.68. The predicted molar refractivity (Wildman–Crippen MR) is 111 cm³/mol. The van der Waals surface area contributed by atoms with E-state index in [1.54, 1.807) is 24.7 Å². The predicted octanol–water partition coefficient (Wildman–Crippen LogP) is 4.82. The Hall–Kier alpha value is -3.78. The summed E-state index contributed by atoms with van der Waals surface area (Å²) in [5, 5.41) is 8.47. The first-order valence-electron chi connectivity index (χ1n) is 8.94. The maximum absolute atomic E-state index is 7.60. The highest BCUT2D eigenvalue weighted by atomic mass is 16.3. The molecule has 1 aliphatic carbocycles. The van der Waals surface area contributed by atoms with E-state index >= 15 is 0 Å². The number of aromatic nitrogens is 3. The smallest absolute Gasteiger partial charge is 0.169 e. The number of nitrogens with zero attached hydrogens (tertiary/aromatic N) is 3. The molecule has 0 saturated carbocycles. The average molecular weight is 368 g/mol. The third kappa shape index (κ3) is 3.28. The molecule has 138 valence electrons. The van der Waals surface area contributed by atoms with E-state index in [1.165, 1.54) is 17.5 Å². The second kappa shape index (κ2) is 7.45. The van der Waals surface area contributed by atoms with Crippen molar-refractivity contribution in [1.82, 2.24) is 15.0 Å². The van der Waals surface area contributed by atoms with Gasteiger partial charge in [-0.2, -0.15) is 0 Å². The van der Waals surface area contributed by atoms with Crippen LogP contribution in [0.4, 0.5) is 0 Å². The topological polar surface area (TPSA) is 75.7 Å². The lowest BCUT2D eigenvalue weighted by atomic mass is 10.1. The number of furan rings is 1. The van der Waals surface area contributed by atoms with Crippen LogP contribution < -0.4 is 0 Å². The number of aryl methyl sites for hydroxylation is 2. The molecule has 1 aliphatic rings. The molecule has 28 heavy (non-hydrogen) atoms. The van der Waals surface area contributed by atoms with Crippen LogP contribution in [-0.4, -0.2) is 20.7 Å². The Kier molecular flexibility index (Phi) is 4.69. The molecular weight excluding hydrogens is 348 g/mol. The van der Waals surface area contributed by atoms with Crippen molar-refractivity contribution in [3.63, 3.8) is 0 Å². The molecule has 3 aromatic heterocycles. The maximum atomic E-state index is 7.60. The summed E-state index contributed by atoms with van der Waals surface area (Å²) in [6.45, 7) is 2.10. The molecule has 0 bridgehead atoms. The lowest BCUT2D eigenvalue weighted by molar-refractivity contribution is 0.626. The Bertz CT molecular complexity index is 1210. The van der Waals surface area contributed by atoms with Crippen molar-refractivity contribution in [2.24, 2.45) is 0 Å². The van der Waals surface area contributed by atoms with Gasteiger partial charge in [-0.3, -0.25) is 4.98 Å². The third-order valence-electron chi connectivity index (χ3n) is 4.68. The number of nitrogens with one attached hydrogen (secondary N) is 1. The zero-order chi connectivity index (χ0) is 19.5. The second-order valence-corrected chi connectivity index (χ2v) is 6.56. The van der Waals surface area contributed by atoms with Crippen LogP contribution in [0.5, 0.6) is 0 Å². The van der Waals surface area contributed by atoms with Gasteiger partial charge in [0.25, 0.3) is 0 Å². The van der Waals surface area contributed by atoms with Crippen molar-refractivity contribution >= 4 is 16.7 Å². The summed E-state index contributed by atoms with van der Waals surface area (Å²) >= 11 is 0. The fourth-order valence-electron chi connectivity index (χ4n) is 3.32. The Morgan fingerprint density at radius 2 is 2.00 bits per heavy atom. The molecule has 0 fully saturated rings. The van der Waals surface area contributed by atoms with Crippen molar-refractivity contribution in [2.45, 2.75) is 19.8 Å². The highest BCUT2D eigenvalue weighted by molar-refractivity contribution is 6.02. The van der Waals surface area contributed by atoms with Gasteiger partial charge in [-0.1, -0.05) is 29.7 Å². The van der Waals surface area contributed by atoms with Gasteiger partial charge in [0.1, 0.15) is 12.0 Å². The Labute approximate surface area is 164 Å². The minimum absolute atomic E-state index is 0. The van der Waals surface area contributed by atoms with Crippen molar-refractivity contribution in [3.05, 3.63) is 77.5 Å². The monoisotopic (exact) mass is 368 g/mol. The van der Waals surface area contributed by atoms with Gasteiger partial charge in [0.15, 0.2) is 11.3 Å². The van der Waals surface area contributed by atoms with E-state index in [2.05, 4.69) is 46.0 Å². The summed E-state index contributed by atoms with van der Waals surface area (Å²) in [5.74, 6) is 3.22. The molecule has 0 spiro atoms. The summed E-state index contributed by atoms with van der Waals surface area (Å²) in [6.07, 6.45) is 13.9. The second-order valence-electron chi connectivity index (χ2n) is 6.56. The van der Waals surface area contributed by atoms with Gasteiger partial charge < -0.3 is 9.83 Å². The summed E-state index contributed by atoms with van der Waals surface area (Å²) in [5.41, 5.74) is 6.66. The zero-order valence-corrected chi connectivity index (χ0v) is 15.4. The highest BCUT2D eigenvalue weighted by Crippen LogP contribution is 2.31. The molecule has 5 nitrogen and oxygen atoms in total. The van der Waals surface area contributed by atoms with Gasteiger partial charge in [-0.25, -0.2) is 9.97 Å². The van der Waals surface area contributed by atoms with Crippen LogP contribution in [0.25, 0.3) is 22.4 Å². The molecular formula is C23H20N4O. The fraction of sp³-hybridized carbons (Fsp3) is 0.130. The number of pyridine rings is 1. The molecule has 1 N–H and O–H groups in total. The number of benzene rings is 1. The number of terminal acetylenes is 1. The van der Waals surface area contributed by atoms with E-state index in [9.17, 15) is 0 Å². The first-order chi connectivity index (χ1) is 13.7. The molecule has 0 atom stereocenters. The van der Waals surface area contributed by atoms with Crippen molar-refractivity contribution < 1.29 is 5.84 Å². The molecule has 3 heterocycles. The molecule has 0 unspecified atom stereocenters. The number of hydrogen-bond acceptors (Lipinski definition) is 5. The van der Waals surface area contributed by atoms with E-state index in [4.69, 9.17) is 16.2 Å². The molecule has 0 amide bonds. The van der Waals surface area contributed by atoms with E-state index in [-0.39, 0.29) is 1.43 Å². The zero-order valence-electron chi connectivity index (χ0n) is 15.4. The summed E-state index contributed by atoms with van der Waals surface area (Å²) in [6, 6.07) is 9.93. The lowest BCUT2D eigenvalue weighted by Crippen LogP contribution is -1.90. The van der Waals surface area contributed by atoms with Crippen LogP contribution in [0.2, 0.25) is 0 Å². The van der Waals surface area contributed by atoms with Crippen LogP contribution in [0.3, 0.4) is 0 Å². The average Bonchev–Trinajstić information content (AvgIpc) is 3.29. The SMILES string of the molecule is C#Cc1c(-c2ccncn2)oc2cnccc12.Cc1ccc2c(c1)CCC2=N.[HH]. The van der Waals surface area contributed by atoms with Crippen molar-refractivity contribution in [2.75, 3.05) is 0 Å². The van der Waals surface area contributed by atoms with E-state index in [0.29, 0.717) is 22.6 Å². The van der Waals surface area contributed by atoms with Gasteiger partial charge >= 0.3 is 0 Å².